The summed E-state index contributed by atoms with van der Waals surface area (Å²) in [7, 11) is -1.70. The Bertz CT molecular complexity index is 661. The fourth-order valence-corrected chi connectivity index (χ4v) is 4.15. The summed E-state index contributed by atoms with van der Waals surface area (Å²) in [5, 5.41) is 9.08. The largest absolute Gasteiger partial charge is 0.312 e. The normalized spacial score (nSPS) is 11.9. The molecule has 0 saturated carbocycles. The predicted molar refractivity (Wildman–Crippen MR) is 78.9 cm³/mol. The first-order valence-corrected chi connectivity index (χ1v) is 8.64. The molecule has 110 valence electrons. The highest BCUT2D eigenvalue weighted by atomic mass is 32.2. The number of thiophene rings is 1. The van der Waals surface area contributed by atoms with Crippen molar-refractivity contribution in [2.45, 2.75) is 24.9 Å². The lowest BCUT2D eigenvalue weighted by Crippen LogP contribution is -2.25. The summed E-state index contributed by atoms with van der Waals surface area (Å²) in [6.45, 7) is 3.55. The molecule has 0 aromatic carbocycles. The van der Waals surface area contributed by atoms with Crippen molar-refractivity contribution < 1.29 is 8.42 Å². The zero-order valence-electron chi connectivity index (χ0n) is 11.5. The summed E-state index contributed by atoms with van der Waals surface area (Å²) in [4.78, 5) is 1.17. The third kappa shape index (κ3) is 3.66. The van der Waals surface area contributed by atoms with Crippen molar-refractivity contribution >= 4 is 21.4 Å². The Labute approximate surface area is 122 Å². The molecule has 2 aromatic heterocycles. The molecule has 0 unspecified atom stereocenters. The van der Waals surface area contributed by atoms with Gasteiger partial charge in [-0.2, -0.15) is 5.10 Å². The van der Waals surface area contributed by atoms with Gasteiger partial charge in [0.25, 0.3) is 0 Å². The van der Waals surface area contributed by atoms with Crippen molar-refractivity contribution in [2.75, 3.05) is 6.54 Å². The van der Waals surface area contributed by atoms with Crippen LogP contribution >= 0.6 is 11.3 Å². The van der Waals surface area contributed by atoms with Gasteiger partial charge in [-0.15, -0.1) is 11.3 Å². The first kappa shape index (κ1) is 15.2. The first-order valence-electron chi connectivity index (χ1n) is 6.28. The van der Waals surface area contributed by atoms with E-state index in [1.54, 1.807) is 35.4 Å². The molecule has 0 radical (unpaired) electrons. The van der Waals surface area contributed by atoms with Crippen molar-refractivity contribution in [3.8, 4) is 0 Å². The molecule has 0 bridgehead atoms. The van der Waals surface area contributed by atoms with E-state index >= 15 is 0 Å². The van der Waals surface area contributed by atoms with E-state index in [1.165, 1.54) is 11.3 Å². The maximum atomic E-state index is 12.3. The lowest BCUT2D eigenvalue weighted by molar-refractivity contribution is 0.578. The number of sulfonamides is 1. The summed E-state index contributed by atoms with van der Waals surface area (Å²) in [6.07, 6.45) is 1.78. The zero-order valence-corrected chi connectivity index (χ0v) is 13.1. The van der Waals surface area contributed by atoms with Gasteiger partial charge in [-0.05, 0) is 24.1 Å². The maximum absolute atomic E-state index is 12.3. The number of hydrogen-bond acceptors (Lipinski definition) is 5. The maximum Gasteiger partial charge on any atom is 0.242 e. The number of aryl methyl sites for hydroxylation is 1. The first-order chi connectivity index (χ1) is 9.53. The molecule has 0 fully saturated rings. The molecular formula is C12H18N4O2S2. The van der Waals surface area contributed by atoms with Crippen LogP contribution in [0.15, 0.2) is 28.6 Å². The van der Waals surface area contributed by atoms with Gasteiger partial charge in [0, 0.05) is 24.7 Å². The lowest BCUT2D eigenvalue weighted by Gasteiger charge is -2.07. The van der Waals surface area contributed by atoms with Crippen molar-refractivity contribution in [3.05, 3.63) is 34.3 Å². The van der Waals surface area contributed by atoms with Crippen LogP contribution in [0.2, 0.25) is 0 Å². The lowest BCUT2D eigenvalue weighted by atomic mass is 10.4. The quantitative estimate of drug-likeness (QED) is 0.801. The third-order valence-corrected chi connectivity index (χ3v) is 5.28. The molecule has 0 saturated heterocycles. The van der Waals surface area contributed by atoms with E-state index in [0.29, 0.717) is 17.1 Å². The standard InChI is InChI=1S/C12H18N4O2S2/c1-3-13-9-11-12(5-7-19-11)20(17,18)14-8-10-4-6-16(2)15-10/h4-7,13-14H,3,8-9H2,1-2H3. The van der Waals surface area contributed by atoms with Crippen LogP contribution in [0.4, 0.5) is 0 Å². The van der Waals surface area contributed by atoms with Crippen LogP contribution in [-0.4, -0.2) is 24.7 Å². The average Bonchev–Trinajstić information content (AvgIpc) is 3.03. The Morgan fingerprint density at radius 2 is 2.15 bits per heavy atom. The molecule has 2 aromatic rings. The van der Waals surface area contributed by atoms with Gasteiger partial charge in [-0.25, -0.2) is 13.1 Å². The second kappa shape index (κ2) is 6.49. The summed E-state index contributed by atoms with van der Waals surface area (Å²) in [6, 6.07) is 3.42. The molecule has 0 aliphatic rings. The Hall–Kier alpha value is -1.22. The Balaban J connectivity index is 2.08. The third-order valence-electron chi connectivity index (χ3n) is 2.74. The van der Waals surface area contributed by atoms with Gasteiger partial charge in [-0.1, -0.05) is 6.92 Å². The molecule has 2 N–H and O–H groups in total. The molecule has 0 aliphatic heterocycles. The van der Waals surface area contributed by atoms with E-state index in [4.69, 9.17) is 0 Å². The Morgan fingerprint density at radius 3 is 2.80 bits per heavy atom. The van der Waals surface area contributed by atoms with Crippen molar-refractivity contribution in [1.29, 1.82) is 0 Å². The van der Waals surface area contributed by atoms with Gasteiger partial charge in [0.05, 0.1) is 17.1 Å². The number of nitrogens with zero attached hydrogens (tertiary/aromatic N) is 2. The number of rotatable bonds is 7. The number of nitrogens with one attached hydrogen (secondary N) is 2. The summed E-state index contributed by atoms with van der Waals surface area (Å²) in [5.74, 6) is 0. The summed E-state index contributed by atoms with van der Waals surface area (Å²) < 4.78 is 28.8. The molecular weight excluding hydrogens is 296 g/mol. The van der Waals surface area contributed by atoms with Crippen LogP contribution in [-0.2, 0) is 30.2 Å². The van der Waals surface area contributed by atoms with Gasteiger partial charge in [0.15, 0.2) is 0 Å². The van der Waals surface area contributed by atoms with Crippen LogP contribution in [0, 0.1) is 0 Å². The molecule has 0 amide bonds. The van der Waals surface area contributed by atoms with Gasteiger partial charge < -0.3 is 5.32 Å². The minimum Gasteiger partial charge on any atom is -0.312 e. The van der Waals surface area contributed by atoms with Crippen LogP contribution < -0.4 is 10.0 Å². The smallest absolute Gasteiger partial charge is 0.242 e. The highest BCUT2D eigenvalue weighted by Gasteiger charge is 2.19. The molecule has 0 aliphatic carbocycles. The zero-order chi connectivity index (χ0) is 14.6. The van der Waals surface area contributed by atoms with E-state index in [2.05, 4.69) is 15.1 Å². The minimum absolute atomic E-state index is 0.194. The molecule has 0 spiro atoms. The monoisotopic (exact) mass is 314 g/mol. The molecule has 6 nitrogen and oxygen atoms in total. The van der Waals surface area contributed by atoms with E-state index in [0.717, 1.165) is 11.4 Å². The second-order valence-corrected chi connectivity index (χ2v) is 7.03. The average molecular weight is 314 g/mol. The van der Waals surface area contributed by atoms with Crippen LogP contribution in [0.3, 0.4) is 0 Å². The fourth-order valence-electron chi connectivity index (χ4n) is 1.74. The van der Waals surface area contributed by atoms with E-state index < -0.39 is 10.0 Å². The number of aromatic nitrogens is 2. The minimum atomic E-state index is -3.50. The van der Waals surface area contributed by atoms with Crippen LogP contribution in [0.1, 0.15) is 17.5 Å². The molecule has 0 atom stereocenters. The summed E-state index contributed by atoms with van der Waals surface area (Å²) in [5.41, 5.74) is 0.694. The summed E-state index contributed by atoms with van der Waals surface area (Å²) >= 11 is 1.44. The molecule has 2 heterocycles. The topological polar surface area (TPSA) is 76.0 Å². The highest BCUT2D eigenvalue weighted by Crippen LogP contribution is 2.21. The van der Waals surface area contributed by atoms with Crippen LogP contribution in [0.5, 0.6) is 0 Å². The Kier molecular flexibility index (Phi) is 4.92. The van der Waals surface area contributed by atoms with Gasteiger partial charge in [0.1, 0.15) is 0 Å². The van der Waals surface area contributed by atoms with Gasteiger partial charge >= 0.3 is 0 Å². The van der Waals surface area contributed by atoms with Crippen molar-refractivity contribution in [1.82, 2.24) is 19.8 Å². The highest BCUT2D eigenvalue weighted by molar-refractivity contribution is 7.89. The second-order valence-electron chi connectivity index (χ2n) is 4.29. The predicted octanol–water partition coefficient (Wildman–Crippen LogP) is 1.07. The van der Waals surface area contributed by atoms with Gasteiger partial charge in [-0.3, -0.25) is 4.68 Å². The molecule has 8 heteroatoms. The van der Waals surface area contributed by atoms with Crippen LogP contribution in [0.25, 0.3) is 0 Å². The van der Waals surface area contributed by atoms with Gasteiger partial charge in [0.2, 0.25) is 10.0 Å². The Morgan fingerprint density at radius 1 is 1.35 bits per heavy atom. The fraction of sp³-hybridized carbons (Fsp3) is 0.417. The van der Waals surface area contributed by atoms with Crippen molar-refractivity contribution in [3.63, 3.8) is 0 Å². The molecule has 2 rings (SSSR count). The van der Waals surface area contributed by atoms with E-state index in [1.807, 2.05) is 6.92 Å². The number of hydrogen-bond donors (Lipinski definition) is 2. The van der Waals surface area contributed by atoms with Crippen molar-refractivity contribution in [2.24, 2.45) is 7.05 Å². The SMILES string of the molecule is CCNCc1sccc1S(=O)(=O)NCc1ccn(C)n1. The molecule has 20 heavy (non-hydrogen) atoms. The van der Waals surface area contributed by atoms with E-state index in [9.17, 15) is 8.42 Å². The van der Waals surface area contributed by atoms with E-state index in [-0.39, 0.29) is 6.54 Å².